The molecule has 0 aliphatic rings. The van der Waals surface area contributed by atoms with Gasteiger partial charge in [0.15, 0.2) is 0 Å². The number of ether oxygens (including phenoxy) is 1. The second-order valence-corrected chi connectivity index (χ2v) is 9.65. The van der Waals surface area contributed by atoms with Crippen LogP contribution in [-0.2, 0) is 24.9 Å². The van der Waals surface area contributed by atoms with Gasteiger partial charge in [0.05, 0.1) is 27.5 Å². The lowest BCUT2D eigenvalue weighted by molar-refractivity contribution is -0.116. The molecule has 0 saturated heterocycles. The van der Waals surface area contributed by atoms with Crippen LogP contribution in [0, 0.1) is 0 Å². The molecule has 208 valence electrons. The number of nitrogens with one attached hydrogen (secondary N) is 2. The van der Waals surface area contributed by atoms with E-state index in [0.717, 1.165) is 0 Å². The van der Waals surface area contributed by atoms with Gasteiger partial charge in [-0.1, -0.05) is 35.8 Å². The molecule has 0 aliphatic heterocycles. The predicted molar refractivity (Wildman–Crippen MR) is 158 cm³/mol. The first kappa shape index (κ1) is 27.8. The molecular weight excluding hydrogens is 567 g/mol. The van der Waals surface area contributed by atoms with Crippen LogP contribution in [0.5, 0.6) is 11.8 Å². The van der Waals surface area contributed by atoms with E-state index in [1.54, 1.807) is 66.7 Å². The minimum Gasteiger partial charge on any atom is -0.419 e. The number of aryl methyl sites for hydroxylation is 2. The van der Waals surface area contributed by atoms with Crippen LogP contribution in [0.2, 0.25) is 10.0 Å². The van der Waals surface area contributed by atoms with Crippen molar-refractivity contribution in [1.82, 2.24) is 34.6 Å². The second kappa shape index (κ2) is 11.8. The van der Waals surface area contributed by atoms with Crippen molar-refractivity contribution in [3.63, 3.8) is 0 Å². The SMILES string of the molecule is C=CC(=O)NCc1cc(Nc2ncc3cc(-c4c(Cl)cccc4Cl)c(=O)n(C)c3n2)cnc1Oc1ccn(CC)n1. The Kier molecular flexibility index (Phi) is 7.99. The van der Waals surface area contributed by atoms with Gasteiger partial charge in [0, 0.05) is 55.1 Å². The third-order valence-electron chi connectivity index (χ3n) is 6.14. The monoisotopic (exact) mass is 590 g/mol. The summed E-state index contributed by atoms with van der Waals surface area (Å²) in [5.41, 5.74) is 1.98. The van der Waals surface area contributed by atoms with Crippen LogP contribution in [0.25, 0.3) is 22.2 Å². The van der Waals surface area contributed by atoms with Crippen molar-refractivity contribution < 1.29 is 9.53 Å². The summed E-state index contributed by atoms with van der Waals surface area (Å²) in [5.74, 6) is 0.525. The summed E-state index contributed by atoms with van der Waals surface area (Å²) in [5, 5.41) is 11.5. The Hall–Kier alpha value is -4.74. The molecule has 1 amide bonds. The average molecular weight is 591 g/mol. The number of pyridine rings is 2. The number of hydrogen-bond donors (Lipinski definition) is 2. The highest BCUT2D eigenvalue weighted by Crippen LogP contribution is 2.34. The molecule has 0 atom stereocenters. The van der Waals surface area contributed by atoms with Crippen LogP contribution in [0.1, 0.15) is 12.5 Å². The van der Waals surface area contributed by atoms with Crippen molar-refractivity contribution in [2.24, 2.45) is 7.05 Å². The fourth-order valence-electron chi connectivity index (χ4n) is 4.08. The van der Waals surface area contributed by atoms with Crippen LogP contribution in [0.3, 0.4) is 0 Å². The number of nitrogens with zero attached hydrogens (tertiary/aromatic N) is 6. The average Bonchev–Trinajstić information content (AvgIpc) is 3.43. The third kappa shape index (κ3) is 5.91. The fourth-order valence-corrected chi connectivity index (χ4v) is 4.68. The van der Waals surface area contributed by atoms with E-state index in [2.05, 4.69) is 37.3 Å². The summed E-state index contributed by atoms with van der Waals surface area (Å²) in [7, 11) is 1.61. The van der Waals surface area contributed by atoms with E-state index in [4.69, 9.17) is 27.9 Å². The van der Waals surface area contributed by atoms with Gasteiger partial charge in [-0.15, -0.1) is 5.10 Å². The Bertz CT molecular complexity index is 1830. The molecule has 0 fully saturated rings. The Morgan fingerprint density at radius 2 is 1.93 bits per heavy atom. The second-order valence-electron chi connectivity index (χ2n) is 8.84. The van der Waals surface area contributed by atoms with E-state index in [1.165, 1.54) is 10.6 Å². The maximum Gasteiger partial charge on any atom is 0.259 e. The van der Waals surface area contributed by atoms with Gasteiger partial charge >= 0.3 is 0 Å². The first-order chi connectivity index (χ1) is 19.8. The molecule has 0 aliphatic carbocycles. The van der Waals surface area contributed by atoms with E-state index in [1.807, 2.05) is 6.92 Å². The summed E-state index contributed by atoms with van der Waals surface area (Å²) in [6.07, 6.45) is 6.11. The Morgan fingerprint density at radius 3 is 2.63 bits per heavy atom. The lowest BCUT2D eigenvalue weighted by Crippen LogP contribution is -2.21. The lowest BCUT2D eigenvalue weighted by Gasteiger charge is -2.13. The quantitative estimate of drug-likeness (QED) is 0.223. The van der Waals surface area contributed by atoms with Crippen LogP contribution in [0.15, 0.2) is 72.4 Å². The smallest absolute Gasteiger partial charge is 0.259 e. The fraction of sp³-hybridized carbons (Fsp3) is 0.143. The van der Waals surface area contributed by atoms with Gasteiger partial charge in [-0.25, -0.2) is 9.97 Å². The highest BCUT2D eigenvalue weighted by Gasteiger charge is 2.17. The molecule has 5 aromatic rings. The summed E-state index contributed by atoms with van der Waals surface area (Å²) in [4.78, 5) is 38.5. The number of halogens is 2. The van der Waals surface area contributed by atoms with E-state index in [9.17, 15) is 9.59 Å². The van der Waals surface area contributed by atoms with Crippen molar-refractivity contribution in [3.8, 4) is 22.9 Å². The van der Waals surface area contributed by atoms with Crippen LogP contribution in [0.4, 0.5) is 11.6 Å². The Balaban J connectivity index is 1.47. The van der Waals surface area contributed by atoms with E-state index < -0.39 is 0 Å². The van der Waals surface area contributed by atoms with Crippen molar-refractivity contribution >= 4 is 51.8 Å². The number of carbonyl (C=O) groups is 1. The standard InChI is InChI=1S/C28H24Cl2N8O3/c1-4-22(39)31-14-17-11-18(15-32-26(17)41-23-9-10-38(5-2)36-23)34-28-33-13-16-12-19(27(40)37(3)25(16)35-28)24-20(29)7-6-8-21(24)30/h4,6-13,15H,1,5,14H2,2-3H3,(H,31,39)(H,33,34,35). The molecule has 5 rings (SSSR count). The van der Waals surface area contributed by atoms with Gasteiger partial charge < -0.3 is 15.4 Å². The number of carbonyl (C=O) groups excluding carboxylic acids is 1. The molecule has 0 unspecified atom stereocenters. The zero-order valence-electron chi connectivity index (χ0n) is 22.1. The van der Waals surface area contributed by atoms with Gasteiger partial charge in [0.2, 0.25) is 23.6 Å². The molecule has 0 bridgehead atoms. The molecule has 4 heterocycles. The number of anilines is 2. The predicted octanol–water partition coefficient (Wildman–Crippen LogP) is 5.25. The zero-order chi connectivity index (χ0) is 29.1. The summed E-state index contributed by atoms with van der Waals surface area (Å²) in [6, 6.07) is 10.2. The number of amides is 1. The van der Waals surface area contributed by atoms with E-state index in [0.29, 0.717) is 55.9 Å². The Labute approximate surface area is 244 Å². The van der Waals surface area contributed by atoms with Crippen LogP contribution >= 0.6 is 23.2 Å². The molecule has 0 saturated carbocycles. The molecule has 0 radical (unpaired) electrons. The summed E-state index contributed by atoms with van der Waals surface area (Å²) < 4.78 is 9.02. The number of fused-ring (bicyclic) bond motifs is 1. The van der Waals surface area contributed by atoms with E-state index in [-0.39, 0.29) is 29.8 Å². The third-order valence-corrected chi connectivity index (χ3v) is 6.77. The maximum atomic E-state index is 13.3. The normalized spacial score (nSPS) is 10.9. The van der Waals surface area contributed by atoms with Crippen molar-refractivity contribution in [3.05, 3.63) is 93.6 Å². The van der Waals surface area contributed by atoms with Gasteiger partial charge in [0.25, 0.3) is 5.56 Å². The van der Waals surface area contributed by atoms with Gasteiger partial charge in [-0.05, 0) is 37.3 Å². The minimum absolute atomic E-state index is 0.123. The number of aromatic nitrogens is 6. The first-order valence-corrected chi connectivity index (χ1v) is 13.2. The number of hydrogen-bond acceptors (Lipinski definition) is 8. The van der Waals surface area contributed by atoms with Gasteiger partial charge in [-0.3, -0.25) is 18.8 Å². The number of benzene rings is 1. The van der Waals surface area contributed by atoms with Crippen molar-refractivity contribution in [2.75, 3.05) is 5.32 Å². The Morgan fingerprint density at radius 1 is 1.15 bits per heavy atom. The van der Waals surface area contributed by atoms with Crippen LogP contribution in [-0.4, -0.2) is 35.2 Å². The van der Waals surface area contributed by atoms with Gasteiger partial charge in [-0.2, -0.15) is 4.98 Å². The zero-order valence-corrected chi connectivity index (χ0v) is 23.6. The molecule has 4 aromatic heterocycles. The summed E-state index contributed by atoms with van der Waals surface area (Å²) in [6.45, 7) is 6.26. The maximum absolute atomic E-state index is 13.3. The number of rotatable bonds is 9. The van der Waals surface area contributed by atoms with E-state index >= 15 is 0 Å². The van der Waals surface area contributed by atoms with Crippen molar-refractivity contribution in [1.29, 1.82) is 0 Å². The molecule has 1 aromatic carbocycles. The summed E-state index contributed by atoms with van der Waals surface area (Å²) >= 11 is 12.7. The molecule has 11 nitrogen and oxygen atoms in total. The molecule has 41 heavy (non-hydrogen) atoms. The molecule has 2 N–H and O–H groups in total. The first-order valence-electron chi connectivity index (χ1n) is 12.5. The largest absolute Gasteiger partial charge is 0.419 e. The van der Waals surface area contributed by atoms with Crippen LogP contribution < -0.4 is 20.9 Å². The molecule has 0 spiro atoms. The molecule has 13 heteroatoms. The highest BCUT2D eigenvalue weighted by molar-refractivity contribution is 6.39. The van der Waals surface area contributed by atoms with Gasteiger partial charge in [0.1, 0.15) is 5.65 Å². The highest BCUT2D eigenvalue weighted by atomic mass is 35.5. The molecular formula is C28H24Cl2N8O3. The van der Waals surface area contributed by atoms with Crippen molar-refractivity contribution in [2.45, 2.75) is 20.0 Å². The minimum atomic E-state index is -0.346. The topological polar surface area (TPSA) is 129 Å². The lowest BCUT2D eigenvalue weighted by atomic mass is 10.1.